The highest BCUT2D eigenvalue weighted by Gasteiger charge is 2.16. The first-order chi connectivity index (χ1) is 11.0. The highest BCUT2D eigenvalue weighted by molar-refractivity contribution is 7.16. The topological polar surface area (TPSA) is 75.6 Å². The minimum Gasteiger partial charge on any atom is -0.484 e. The van der Waals surface area contributed by atoms with Gasteiger partial charge in [0.15, 0.2) is 6.61 Å². The second-order valence-corrected chi connectivity index (χ2v) is 6.09. The minimum absolute atomic E-state index is 0.118. The lowest BCUT2D eigenvalue weighted by Gasteiger charge is -2.07. The number of hydrogen-bond donors (Lipinski definition) is 2. The zero-order valence-corrected chi connectivity index (χ0v) is 13.9. The quantitative estimate of drug-likeness (QED) is 0.812. The van der Waals surface area contributed by atoms with E-state index in [1.54, 1.807) is 6.07 Å². The molecule has 23 heavy (non-hydrogen) atoms. The van der Waals surface area contributed by atoms with Crippen LogP contribution in [0.3, 0.4) is 0 Å². The van der Waals surface area contributed by atoms with Crippen molar-refractivity contribution in [1.82, 2.24) is 0 Å². The molecule has 6 heteroatoms. The third-order valence-electron chi connectivity index (χ3n) is 3.32. The molecule has 0 aliphatic carbocycles. The molecule has 0 aliphatic heterocycles. The molecule has 2 aromatic rings. The molecule has 2 rings (SSSR count). The van der Waals surface area contributed by atoms with Gasteiger partial charge in [0.1, 0.15) is 10.8 Å². The van der Waals surface area contributed by atoms with E-state index < -0.39 is 5.97 Å². The minimum atomic E-state index is -1.05. The van der Waals surface area contributed by atoms with Crippen LogP contribution >= 0.6 is 11.3 Å². The second-order valence-electron chi connectivity index (χ2n) is 4.95. The number of amides is 1. The molecule has 1 aromatic carbocycles. The Labute approximate surface area is 138 Å². The summed E-state index contributed by atoms with van der Waals surface area (Å²) in [6, 6.07) is 9.11. The standard InChI is InChI=1S/C17H19NO4S/c1-3-11-5-7-12(8-6-11)22-10-15(19)18-16-14(17(20)21)9-13(4-2)23-16/h5-9H,3-4,10H2,1-2H3,(H,18,19)(H,20,21). The van der Waals surface area contributed by atoms with Crippen molar-refractivity contribution in [2.45, 2.75) is 26.7 Å². The first kappa shape index (κ1) is 17.0. The second kappa shape index (κ2) is 7.78. The van der Waals surface area contributed by atoms with Crippen LogP contribution in [0.15, 0.2) is 30.3 Å². The molecule has 5 nitrogen and oxygen atoms in total. The van der Waals surface area contributed by atoms with E-state index in [1.165, 1.54) is 16.9 Å². The molecule has 122 valence electrons. The van der Waals surface area contributed by atoms with Gasteiger partial charge in [0.05, 0.1) is 5.56 Å². The van der Waals surface area contributed by atoms with Crippen LogP contribution in [0.2, 0.25) is 0 Å². The molecule has 1 heterocycles. The summed E-state index contributed by atoms with van der Waals surface area (Å²) in [4.78, 5) is 24.1. The van der Waals surface area contributed by atoms with Crippen LogP contribution in [-0.4, -0.2) is 23.6 Å². The Morgan fingerprint density at radius 1 is 1.17 bits per heavy atom. The van der Waals surface area contributed by atoms with E-state index in [0.29, 0.717) is 10.8 Å². The SMILES string of the molecule is CCc1ccc(OCC(=O)Nc2sc(CC)cc2C(=O)O)cc1. The van der Waals surface area contributed by atoms with Crippen LogP contribution in [0.5, 0.6) is 5.75 Å². The Bertz CT molecular complexity index is 691. The Hall–Kier alpha value is -2.34. The van der Waals surface area contributed by atoms with Gasteiger partial charge in [-0.25, -0.2) is 4.79 Å². The molecule has 0 saturated heterocycles. The van der Waals surface area contributed by atoms with Gasteiger partial charge in [0, 0.05) is 4.88 Å². The van der Waals surface area contributed by atoms with Crippen molar-refractivity contribution in [3.8, 4) is 5.75 Å². The number of anilines is 1. The van der Waals surface area contributed by atoms with Gasteiger partial charge in [0.25, 0.3) is 5.91 Å². The van der Waals surface area contributed by atoms with Crippen molar-refractivity contribution in [1.29, 1.82) is 0 Å². The highest BCUT2D eigenvalue weighted by Crippen LogP contribution is 2.28. The lowest BCUT2D eigenvalue weighted by molar-refractivity contribution is -0.118. The van der Waals surface area contributed by atoms with Gasteiger partial charge in [-0.05, 0) is 36.6 Å². The molecular weight excluding hydrogens is 314 g/mol. The Morgan fingerprint density at radius 2 is 1.87 bits per heavy atom. The van der Waals surface area contributed by atoms with Crippen molar-refractivity contribution in [3.63, 3.8) is 0 Å². The van der Waals surface area contributed by atoms with Gasteiger partial charge in [-0.1, -0.05) is 26.0 Å². The third-order valence-corrected chi connectivity index (χ3v) is 4.51. The van der Waals surface area contributed by atoms with Crippen LogP contribution < -0.4 is 10.1 Å². The number of hydrogen-bond acceptors (Lipinski definition) is 4. The average Bonchev–Trinajstić information content (AvgIpc) is 2.96. The largest absolute Gasteiger partial charge is 0.484 e. The van der Waals surface area contributed by atoms with Crippen LogP contribution in [-0.2, 0) is 17.6 Å². The Morgan fingerprint density at radius 3 is 2.43 bits per heavy atom. The molecule has 0 unspecified atom stereocenters. The van der Waals surface area contributed by atoms with E-state index in [4.69, 9.17) is 9.84 Å². The van der Waals surface area contributed by atoms with Crippen molar-refractivity contribution in [2.24, 2.45) is 0 Å². The van der Waals surface area contributed by atoms with Gasteiger partial charge >= 0.3 is 5.97 Å². The van der Waals surface area contributed by atoms with Crippen LogP contribution in [0.1, 0.15) is 34.6 Å². The molecule has 0 bridgehead atoms. The predicted octanol–water partition coefficient (Wildman–Crippen LogP) is 3.59. The predicted molar refractivity (Wildman–Crippen MR) is 90.6 cm³/mol. The number of benzene rings is 1. The average molecular weight is 333 g/mol. The van der Waals surface area contributed by atoms with Crippen molar-refractivity contribution in [3.05, 3.63) is 46.3 Å². The summed E-state index contributed by atoms with van der Waals surface area (Å²) >= 11 is 1.27. The summed E-state index contributed by atoms with van der Waals surface area (Å²) in [5, 5.41) is 12.1. The zero-order valence-electron chi connectivity index (χ0n) is 13.1. The number of carboxylic acids is 1. The van der Waals surface area contributed by atoms with E-state index >= 15 is 0 Å². The maximum Gasteiger partial charge on any atom is 0.338 e. The van der Waals surface area contributed by atoms with Gasteiger partial charge in [-0.3, -0.25) is 4.79 Å². The van der Waals surface area contributed by atoms with Gasteiger partial charge in [-0.2, -0.15) is 0 Å². The number of carbonyl (C=O) groups is 2. The summed E-state index contributed by atoms with van der Waals surface area (Å²) in [6.45, 7) is 3.84. The van der Waals surface area contributed by atoms with E-state index in [-0.39, 0.29) is 18.1 Å². The van der Waals surface area contributed by atoms with Crippen LogP contribution in [0.4, 0.5) is 5.00 Å². The number of rotatable bonds is 7. The fourth-order valence-corrected chi connectivity index (χ4v) is 3.01. The molecule has 0 spiro atoms. The molecule has 1 amide bonds. The monoisotopic (exact) mass is 333 g/mol. The van der Waals surface area contributed by atoms with E-state index in [9.17, 15) is 9.59 Å². The molecule has 1 aromatic heterocycles. The maximum atomic E-state index is 12.0. The molecule has 0 saturated carbocycles. The fraction of sp³-hybridized carbons (Fsp3) is 0.294. The fourth-order valence-electron chi connectivity index (χ4n) is 2.00. The van der Waals surface area contributed by atoms with Crippen LogP contribution in [0.25, 0.3) is 0 Å². The smallest absolute Gasteiger partial charge is 0.338 e. The normalized spacial score (nSPS) is 10.3. The number of aryl methyl sites for hydroxylation is 2. The van der Waals surface area contributed by atoms with Crippen molar-refractivity contribution >= 4 is 28.2 Å². The molecule has 0 fully saturated rings. The number of carbonyl (C=O) groups excluding carboxylic acids is 1. The van der Waals surface area contributed by atoms with E-state index in [1.807, 2.05) is 31.2 Å². The Kier molecular flexibility index (Phi) is 5.76. The van der Waals surface area contributed by atoms with E-state index in [2.05, 4.69) is 12.2 Å². The van der Waals surface area contributed by atoms with Crippen LogP contribution in [0, 0.1) is 0 Å². The summed E-state index contributed by atoms with van der Waals surface area (Å²) in [7, 11) is 0. The summed E-state index contributed by atoms with van der Waals surface area (Å²) in [5.74, 6) is -0.819. The van der Waals surface area contributed by atoms with Gasteiger partial charge in [-0.15, -0.1) is 11.3 Å². The number of nitrogens with one attached hydrogen (secondary N) is 1. The number of thiophene rings is 1. The van der Waals surface area contributed by atoms with Gasteiger partial charge < -0.3 is 15.2 Å². The molecule has 2 N–H and O–H groups in total. The maximum absolute atomic E-state index is 12.0. The number of aromatic carboxylic acids is 1. The number of carboxylic acid groups (broad SMARTS) is 1. The lowest BCUT2D eigenvalue weighted by Crippen LogP contribution is -2.20. The lowest BCUT2D eigenvalue weighted by atomic mass is 10.2. The van der Waals surface area contributed by atoms with Crippen molar-refractivity contribution in [2.75, 3.05) is 11.9 Å². The molecule has 0 aliphatic rings. The third kappa shape index (κ3) is 4.56. The van der Waals surface area contributed by atoms with E-state index in [0.717, 1.165) is 17.7 Å². The summed E-state index contributed by atoms with van der Waals surface area (Å²) in [5.41, 5.74) is 1.31. The number of ether oxygens (including phenoxy) is 1. The first-order valence-electron chi connectivity index (χ1n) is 7.41. The molecule has 0 atom stereocenters. The molecule has 0 radical (unpaired) electrons. The Balaban J connectivity index is 1.96. The summed E-state index contributed by atoms with van der Waals surface area (Å²) in [6.07, 6.45) is 1.66. The summed E-state index contributed by atoms with van der Waals surface area (Å²) < 4.78 is 5.42. The van der Waals surface area contributed by atoms with Crippen molar-refractivity contribution < 1.29 is 19.4 Å². The molecular formula is C17H19NO4S. The zero-order chi connectivity index (χ0) is 16.8. The first-order valence-corrected chi connectivity index (χ1v) is 8.22. The van der Waals surface area contributed by atoms with Gasteiger partial charge in [0.2, 0.25) is 0 Å². The highest BCUT2D eigenvalue weighted by atomic mass is 32.1.